The van der Waals surface area contributed by atoms with Gasteiger partial charge in [0.05, 0.1) is 6.20 Å². The van der Waals surface area contributed by atoms with Gasteiger partial charge in [-0.05, 0) is 37.6 Å². The van der Waals surface area contributed by atoms with Gasteiger partial charge in [-0.15, -0.1) is 0 Å². The second kappa shape index (κ2) is 4.81. The van der Waals surface area contributed by atoms with Gasteiger partial charge in [-0.2, -0.15) is 0 Å². The molecule has 17 heavy (non-hydrogen) atoms. The van der Waals surface area contributed by atoms with Crippen molar-refractivity contribution in [2.24, 2.45) is 11.8 Å². The fraction of sp³-hybridized carbons (Fsp3) is 0.786. The molecule has 3 rings (SSSR count). The maximum Gasteiger partial charge on any atom is 0.195 e. The van der Waals surface area contributed by atoms with Gasteiger partial charge in [0, 0.05) is 18.9 Å². The molecule has 0 spiro atoms. The molecule has 1 aromatic heterocycles. The summed E-state index contributed by atoms with van der Waals surface area (Å²) in [6.07, 6.45) is 8.31. The molecule has 2 unspecified atom stereocenters. The molecular weight excluding hydrogens is 212 g/mol. The van der Waals surface area contributed by atoms with Crippen LogP contribution in [-0.2, 0) is 6.42 Å². The fourth-order valence-corrected chi connectivity index (χ4v) is 3.33. The normalized spacial score (nSPS) is 30.5. The average Bonchev–Trinajstić information content (AvgIpc) is 2.77. The summed E-state index contributed by atoms with van der Waals surface area (Å²) in [6.45, 7) is 4.24. The summed E-state index contributed by atoms with van der Waals surface area (Å²) in [6, 6.07) is 0. The Balaban J connectivity index is 1.49. The van der Waals surface area contributed by atoms with Crippen molar-refractivity contribution in [3.05, 3.63) is 17.8 Å². The first-order valence-electron chi connectivity index (χ1n) is 7.05. The van der Waals surface area contributed by atoms with E-state index >= 15 is 0 Å². The smallest absolute Gasteiger partial charge is 0.195 e. The van der Waals surface area contributed by atoms with Crippen LogP contribution in [0.5, 0.6) is 0 Å². The maximum atomic E-state index is 5.87. The van der Waals surface area contributed by atoms with Crippen LogP contribution in [0, 0.1) is 11.8 Å². The second-order valence-corrected chi connectivity index (χ2v) is 5.44. The SMILES string of the molecule is CCCNCCc1ncc(C2C3CCCC32)o1. The van der Waals surface area contributed by atoms with Crippen LogP contribution in [-0.4, -0.2) is 18.1 Å². The molecular formula is C14H22N2O. The second-order valence-electron chi connectivity index (χ2n) is 5.44. The summed E-state index contributed by atoms with van der Waals surface area (Å²) in [5.74, 6) is 4.63. The predicted octanol–water partition coefficient (Wildman–Crippen LogP) is 2.73. The number of nitrogens with one attached hydrogen (secondary N) is 1. The van der Waals surface area contributed by atoms with E-state index in [2.05, 4.69) is 17.2 Å². The molecule has 3 heteroatoms. The fourth-order valence-electron chi connectivity index (χ4n) is 3.33. The molecule has 1 N–H and O–H groups in total. The maximum absolute atomic E-state index is 5.87. The molecule has 2 fully saturated rings. The van der Waals surface area contributed by atoms with Crippen molar-refractivity contribution in [2.75, 3.05) is 13.1 Å². The van der Waals surface area contributed by atoms with Gasteiger partial charge in [-0.1, -0.05) is 13.3 Å². The minimum Gasteiger partial charge on any atom is -0.445 e. The van der Waals surface area contributed by atoms with Crippen LogP contribution >= 0.6 is 0 Å². The van der Waals surface area contributed by atoms with E-state index in [1.54, 1.807) is 0 Å². The summed E-state index contributed by atoms with van der Waals surface area (Å²) < 4.78 is 5.87. The molecule has 2 aliphatic rings. The van der Waals surface area contributed by atoms with Gasteiger partial charge in [0.15, 0.2) is 5.89 Å². The quantitative estimate of drug-likeness (QED) is 0.769. The molecule has 2 atom stereocenters. The van der Waals surface area contributed by atoms with Crippen molar-refractivity contribution in [2.45, 2.75) is 44.9 Å². The van der Waals surface area contributed by atoms with E-state index in [1.165, 1.54) is 25.7 Å². The van der Waals surface area contributed by atoms with Crippen molar-refractivity contribution in [3.8, 4) is 0 Å². The molecule has 0 aromatic carbocycles. The zero-order chi connectivity index (χ0) is 11.7. The Bertz CT molecular complexity index is 364. The highest BCUT2D eigenvalue weighted by atomic mass is 16.4. The van der Waals surface area contributed by atoms with Gasteiger partial charge in [-0.25, -0.2) is 4.98 Å². The number of aromatic nitrogens is 1. The lowest BCUT2D eigenvalue weighted by Crippen LogP contribution is -2.17. The molecule has 3 nitrogen and oxygen atoms in total. The van der Waals surface area contributed by atoms with Crippen LogP contribution in [0.25, 0.3) is 0 Å². The summed E-state index contributed by atoms with van der Waals surface area (Å²) in [7, 11) is 0. The molecule has 0 saturated heterocycles. The Hall–Kier alpha value is -0.830. The van der Waals surface area contributed by atoms with Crippen molar-refractivity contribution < 1.29 is 4.42 Å². The van der Waals surface area contributed by atoms with Crippen molar-refractivity contribution in [3.63, 3.8) is 0 Å². The molecule has 94 valence electrons. The first-order chi connectivity index (χ1) is 8.40. The van der Waals surface area contributed by atoms with E-state index in [4.69, 9.17) is 4.42 Å². The Morgan fingerprint density at radius 3 is 2.94 bits per heavy atom. The highest BCUT2D eigenvalue weighted by Crippen LogP contribution is 2.63. The van der Waals surface area contributed by atoms with Crippen molar-refractivity contribution in [1.29, 1.82) is 0 Å². The largest absolute Gasteiger partial charge is 0.445 e. The minimum absolute atomic E-state index is 0.716. The van der Waals surface area contributed by atoms with Gasteiger partial charge in [-0.3, -0.25) is 0 Å². The molecule has 0 amide bonds. The van der Waals surface area contributed by atoms with Gasteiger partial charge in [0.1, 0.15) is 5.76 Å². The van der Waals surface area contributed by atoms with Crippen molar-refractivity contribution in [1.82, 2.24) is 10.3 Å². The lowest BCUT2D eigenvalue weighted by atomic mass is 10.1. The first kappa shape index (κ1) is 11.3. The number of fused-ring (bicyclic) bond motifs is 1. The van der Waals surface area contributed by atoms with Crippen LogP contribution in [0.4, 0.5) is 0 Å². The zero-order valence-corrected chi connectivity index (χ0v) is 10.6. The third kappa shape index (κ3) is 2.25. The average molecular weight is 234 g/mol. The Morgan fingerprint density at radius 2 is 2.18 bits per heavy atom. The third-order valence-corrected chi connectivity index (χ3v) is 4.25. The van der Waals surface area contributed by atoms with Crippen LogP contribution in [0.15, 0.2) is 10.6 Å². The molecule has 0 radical (unpaired) electrons. The first-order valence-corrected chi connectivity index (χ1v) is 7.05. The molecule has 2 aliphatic carbocycles. The molecule has 0 aliphatic heterocycles. The van der Waals surface area contributed by atoms with Gasteiger partial charge >= 0.3 is 0 Å². The molecule has 0 bridgehead atoms. The number of nitrogens with zero attached hydrogens (tertiary/aromatic N) is 1. The Kier molecular flexibility index (Phi) is 3.19. The summed E-state index contributed by atoms with van der Waals surface area (Å²) in [4.78, 5) is 4.40. The van der Waals surface area contributed by atoms with E-state index in [9.17, 15) is 0 Å². The molecule has 2 saturated carbocycles. The predicted molar refractivity (Wildman–Crippen MR) is 66.9 cm³/mol. The standard InChI is InChI=1S/C14H22N2O/c1-2-7-15-8-6-13-16-9-12(17-13)14-10-4-3-5-11(10)14/h9-11,14-15H,2-8H2,1H3. The minimum atomic E-state index is 0.716. The van der Waals surface area contributed by atoms with Gasteiger partial charge < -0.3 is 9.73 Å². The van der Waals surface area contributed by atoms with Crippen LogP contribution in [0.1, 0.15) is 50.2 Å². The number of hydrogen-bond acceptors (Lipinski definition) is 3. The van der Waals surface area contributed by atoms with E-state index in [-0.39, 0.29) is 0 Å². The van der Waals surface area contributed by atoms with Crippen LogP contribution < -0.4 is 5.32 Å². The number of hydrogen-bond donors (Lipinski definition) is 1. The van der Waals surface area contributed by atoms with Gasteiger partial charge in [0.25, 0.3) is 0 Å². The van der Waals surface area contributed by atoms with E-state index in [0.717, 1.165) is 43.0 Å². The Labute approximate surface area is 103 Å². The van der Waals surface area contributed by atoms with E-state index < -0.39 is 0 Å². The topological polar surface area (TPSA) is 38.1 Å². The van der Waals surface area contributed by atoms with E-state index in [0.29, 0.717) is 5.92 Å². The van der Waals surface area contributed by atoms with E-state index in [1.807, 2.05) is 6.20 Å². The number of oxazole rings is 1. The summed E-state index contributed by atoms with van der Waals surface area (Å²) in [5.41, 5.74) is 0. The lowest BCUT2D eigenvalue weighted by molar-refractivity contribution is 0.435. The summed E-state index contributed by atoms with van der Waals surface area (Å²) >= 11 is 0. The molecule has 1 aromatic rings. The Morgan fingerprint density at radius 1 is 1.35 bits per heavy atom. The van der Waals surface area contributed by atoms with Crippen LogP contribution in [0.3, 0.4) is 0 Å². The monoisotopic (exact) mass is 234 g/mol. The zero-order valence-electron chi connectivity index (χ0n) is 10.6. The van der Waals surface area contributed by atoms with Gasteiger partial charge in [0.2, 0.25) is 0 Å². The number of rotatable bonds is 6. The summed E-state index contributed by atoms with van der Waals surface area (Å²) in [5, 5.41) is 3.38. The highest BCUT2D eigenvalue weighted by Gasteiger charge is 2.54. The van der Waals surface area contributed by atoms with Crippen LogP contribution in [0.2, 0.25) is 0 Å². The molecule has 1 heterocycles. The highest BCUT2D eigenvalue weighted by molar-refractivity contribution is 5.19. The third-order valence-electron chi connectivity index (χ3n) is 4.25. The lowest BCUT2D eigenvalue weighted by Gasteiger charge is -2.00. The van der Waals surface area contributed by atoms with Crippen molar-refractivity contribution >= 4 is 0 Å².